The van der Waals surface area contributed by atoms with Crippen molar-refractivity contribution in [3.8, 4) is 0 Å². The molecule has 0 aliphatic heterocycles. The lowest BCUT2D eigenvalue weighted by Crippen LogP contribution is -2.41. The lowest BCUT2D eigenvalue weighted by Gasteiger charge is -2.18. The molecule has 0 saturated heterocycles. The van der Waals surface area contributed by atoms with Crippen LogP contribution >= 0.6 is 11.6 Å². The molecule has 4 N–H and O–H groups in total. The quantitative estimate of drug-likeness (QED) is 0.677. The maximum Gasteiger partial charge on any atom is 0.317 e. The molecule has 21 heavy (non-hydrogen) atoms. The Morgan fingerprint density at radius 3 is 2.52 bits per heavy atom. The maximum absolute atomic E-state index is 11.9. The van der Waals surface area contributed by atoms with Crippen LogP contribution in [0, 0.1) is 6.92 Å². The molecular weight excluding hydrogens is 298 g/mol. The van der Waals surface area contributed by atoms with Crippen molar-refractivity contribution < 1.29 is 19.5 Å². The molecule has 8 heteroatoms. The molecule has 0 radical (unpaired) electrons. The molecule has 0 aromatic heterocycles. The van der Waals surface area contributed by atoms with Crippen molar-refractivity contribution in [2.45, 2.75) is 6.92 Å². The number of carbonyl (C=O) groups excluding carboxylic acids is 2. The second kappa shape index (κ2) is 7.61. The Bertz CT molecular complexity index is 546. The van der Waals surface area contributed by atoms with Crippen LogP contribution in [0.4, 0.5) is 5.69 Å². The fourth-order valence-corrected chi connectivity index (χ4v) is 1.89. The Morgan fingerprint density at radius 2 is 1.95 bits per heavy atom. The highest BCUT2D eigenvalue weighted by Crippen LogP contribution is 2.22. The largest absolute Gasteiger partial charge is 0.480 e. The number of hydrogen-bond donors (Lipinski definition) is 3. The van der Waals surface area contributed by atoms with E-state index < -0.39 is 24.3 Å². The first-order valence-electron chi connectivity index (χ1n) is 6.07. The van der Waals surface area contributed by atoms with Crippen LogP contribution in [0.3, 0.4) is 0 Å². The third-order valence-corrected chi connectivity index (χ3v) is 3.06. The Balaban J connectivity index is 2.71. The SMILES string of the molecule is Cc1c(Cl)cccc1NC(=O)CN(CC(N)=O)CC(=O)O. The van der Waals surface area contributed by atoms with Gasteiger partial charge in [0.15, 0.2) is 0 Å². The first-order valence-corrected chi connectivity index (χ1v) is 6.44. The summed E-state index contributed by atoms with van der Waals surface area (Å²) in [4.78, 5) is 34.6. The van der Waals surface area contributed by atoms with Crippen LogP contribution in [0.2, 0.25) is 5.02 Å². The van der Waals surface area contributed by atoms with Crippen molar-refractivity contribution in [3.05, 3.63) is 28.8 Å². The standard InChI is InChI=1S/C13H16ClN3O4/c1-8-9(14)3-2-4-10(8)16-12(19)6-17(5-11(15)18)7-13(20)21/h2-4H,5-7H2,1H3,(H2,15,18)(H,16,19)(H,20,21). The predicted octanol–water partition coefficient (Wildman–Crippen LogP) is 0.459. The Kier molecular flexibility index (Phi) is 6.13. The van der Waals surface area contributed by atoms with Crippen LogP contribution in [0.5, 0.6) is 0 Å². The van der Waals surface area contributed by atoms with Gasteiger partial charge in [0.2, 0.25) is 11.8 Å². The van der Waals surface area contributed by atoms with Gasteiger partial charge in [0.1, 0.15) is 0 Å². The second-order valence-corrected chi connectivity index (χ2v) is 4.87. The van der Waals surface area contributed by atoms with E-state index in [9.17, 15) is 14.4 Å². The number of carbonyl (C=O) groups is 3. The van der Waals surface area contributed by atoms with Crippen molar-refractivity contribution in [1.82, 2.24) is 4.90 Å². The number of amides is 2. The molecule has 0 fully saturated rings. The summed E-state index contributed by atoms with van der Waals surface area (Å²) >= 11 is 5.94. The Morgan fingerprint density at radius 1 is 1.29 bits per heavy atom. The summed E-state index contributed by atoms with van der Waals surface area (Å²) in [5.41, 5.74) is 6.25. The van der Waals surface area contributed by atoms with Crippen LogP contribution in [0.25, 0.3) is 0 Å². The minimum absolute atomic E-state index is 0.263. The van der Waals surface area contributed by atoms with E-state index in [-0.39, 0.29) is 13.1 Å². The monoisotopic (exact) mass is 313 g/mol. The van der Waals surface area contributed by atoms with Crippen molar-refractivity contribution in [2.24, 2.45) is 5.73 Å². The van der Waals surface area contributed by atoms with Crippen molar-refractivity contribution in [3.63, 3.8) is 0 Å². The van der Waals surface area contributed by atoms with E-state index in [1.807, 2.05) is 0 Å². The van der Waals surface area contributed by atoms with Gasteiger partial charge in [-0.15, -0.1) is 0 Å². The molecule has 0 atom stereocenters. The fraction of sp³-hybridized carbons (Fsp3) is 0.308. The molecule has 114 valence electrons. The first kappa shape index (κ1) is 16.9. The second-order valence-electron chi connectivity index (χ2n) is 4.47. The van der Waals surface area contributed by atoms with E-state index in [1.54, 1.807) is 25.1 Å². The number of aliphatic carboxylic acids is 1. The minimum atomic E-state index is -1.15. The molecule has 0 unspecified atom stereocenters. The normalized spacial score (nSPS) is 10.4. The lowest BCUT2D eigenvalue weighted by atomic mass is 10.2. The Hall–Kier alpha value is -2.12. The molecule has 0 saturated carbocycles. The van der Waals surface area contributed by atoms with Crippen molar-refractivity contribution in [1.29, 1.82) is 0 Å². The van der Waals surface area contributed by atoms with Crippen LogP contribution in [0.1, 0.15) is 5.56 Å². The number of benzene rings is 1. The molecule has 0 aliphatic carbocycles. The van der Waals surface area contributed by atoms with Gasteiger partial charge in [-0.25, -0.2) is 0 Å². The Labute approximate surface area is 126 Å². The summed E-state index contributed by atoms with van der Waals surface area (Å²) in [6.07, 6.45) is 0. The summed E-state index contributed by atoms with van der Waals surface area (Å²) < 4.78 is 0. The van der Waals surface area contributed by atoms with E-state index in [4.69, 9.17) is 22.4 Å². The number of carboxylic acid groups (broad SMARTS) is 1. The summed E-state index contributed by atoms with van der Waals surface area (Å²) in [5.74, 6) is -2.31. The van der Waals surface area contributed by atoms with Crippen LogP contribution in [-0.4, -0.2) is 47.4 Å². The smallest absolute Gasteiger partial charge is 0.317 e. The van der Waals surface area contributed by atoms with Crippen molar-refractivity contribution in [2.75, 3.05) is 25.0 Å². The number of nitrogens with zero attached hydrogens (tertiary/aromatic N) is 1. The van der Waals surface area contributed by atoms with Gasteiger partial charge in [0, 0.05) is 10.7 Å². The van der Waals surface area contributed by atoms with Crippen LogP contribution < -0.4 is 11.1 Å². The topological polar surface area (TPSA) is 113 Å². The first-order chi connectivity index (χ1) is 9.79. The van der Waals surface area contributed by atoms with E-state index in [0.717, 1.165) is 4.90 Å². The zero-order valence-electron chi connectivity index (χ0n) is 11.4. The van der Waals surface area contributed by atoms with E-state index in [2.05, 4.69) is 5.32 Å². The van der Waals surface area contributed by atoms with Crippen molar-refractivity contribution >= 4 is 35.1 Å². The highest BCUT2D eigenvalue weighted by molar-refractivity contribution is 6.31. The minimum Gasteiger partial charge on any atom is -0.480 e. The molecule has 2 amide bonds. The average Bonchev–Trinajstić information content (AvgIpc) is 2.33. The summed E-state index contributed by atoms with van der Waals surface area (Å²) in [6, 6.07) is 5.05. The van der Waals surface area contributed by atoms with Gasteiger partial charge in [0.25, 0.3) is 0 Å². The number of anilines is 1. The fourth-order valence-electron chi connectivity index (χ4n) is 1.72. The molecule has 7 nitrogen and oxygen atoms in total. The maximum atomic E-state index is 11.9. The highest BCUT2D eigenvalue weighted by atomic mass is 35.5. The number of rotatable bonds is 7. The van der Waals surface area contributed by atoms with Gasteiger partial charge < -0.3 is 16.2 Å². The number of primary amides is 1. The molecule has 0 heterocycles. The van der Waals surface area contributed by atoms with Gasteiger partial charge in [0.05, 0.1) is 19.6 Å². The molecule has 1 rings (SSSR count). The van der Waals surface area contributed by atoms with E-state index in [1.165, 1.54) is 0 Å². The number of nitrogens with two attached hydrogens (primary N) is 1. The van der Waals surface area contributed by atoms with Gasteiger partial charge >= 0.3 is 5.97 Å². The molecule has 0 bridgehead atoms. The van der Waals surface area contributed by atoms with E-state index in [0.29, 0.717) is 16.3 Å². The van der Waals surface area contributed by atoms with Gasteiger partial charge in [-0.2, -0.15) is 0 Å². The molecular formula is C13H16ClN3O4. The average molecular weight is 314 g/mol. The molecule has 1 aromatic rings. The van der Waals surface area contributed by atoms with Gasteiger partial charge in [-0.05, 0) is 24.6 Å². The zero-order chi connectivity index (χ0) is 16.0. The highest BCUT2D eigenvalue weighted by Gasteiger charge is 2.16. The third-order valence-electron chi connectivity index (χ3n) is 2.65. The van der Waals surface area contributed by atoms with E-state index >= 15 is 0 Å². The van der Waals surface area contributed by atoms with Crippen LogP contribution in [-0.2, 0) is 14.4 Å². The van der Waals surface area contributed by atoms with Gasteiger partial charge in [-0.3, -0.25) is 19.3 Å². The number of carboxylic acids is 1. The third kappa shape index (κ3) is 5.80. The predicted molar refractivity (Wildman–Crippen MR) is 78.1 cm³/mol. The number of halogens is 1. The molecule has 0 spiro atoms. The molecule has 0 aliphatic rings. The van der Waals surface area contributed by atoms with Gasteiger partial charge in [-0.1, -0.05) is 17.7 Å². The molecule has 1 aromatic carbocycles. The van der Waals surface area contributed by atoms with Crippen LogP contribution in [0.15, 0.2) is 18.2 Å². The summed E-state index contributed by atoms with van der Waals surface area (Å²) in [7, 11) is 0. The number of hydrogen-bond acceptors (Lipinski definition) is 4. The number of nitrogens with one attached hydrogen (secondary N) is 1. The summed E-state index contributed by atoms with van der Waals surface area (Å²) in [6.45, 7) is 0.719. The summed E-state index contributed by atoms with van der Waals surface area (Å²) in [5, 5.41) is 11.9. The lowest BCUT2D eigenvalue weighted by molar-refractivity contribution is -0.138. The zero-order valence-corrected chi connectivity index (χ0v) is 12.2.